The molecule has 0 unspecified atom stereocenters. The van der Waals surface area contributed by atoms with Crippen LogP contribution < -0.4 is 0 Å². The molecule has 0 aliphatic carbocycles. The summed E-state index contributed by atoms with van der Waals surface area (Å²) in [6.07, 6.45) is 2.48. The number of aromatic nitrogens is 2. The number of rotatable bonds is 2. The van der Waals surface area contributed by atoms with Gasteiger partial charge in [0, 0.05) is 19.3 Å². The van der Waals surface area contributed by atoms with Gasteiger partial charge in [-0.05, 0) is 42.0 Å². The van der Waals surface area contributed by atoms with Crippen molar-refractivity contribution in [3.8, 4) is 0 Å². The molecular weight excluding hydrogens is 314 g/mol. The van der Waals surface area contributed by atoms with Crippen LogP contribution in [0.3, 0.4) is 0 Å². The van der Waals surface area contributed by atoms with Gasteiger partial charge in [-0.25, -0.2) is 4.98 Å². The molecule has 1 amide bonds. The summed E-state index contributed by atoms with van der Waals surface area (Å²) in [5, 5.41) is 4.70. The first-order valence-corrected chi connectivity index (χ1v) is 8.66. The van der Waals surface area contributed by atoms with Crippen molar-refractivity contribution in [2.45, 2.75) is 39.7 Å². The van der Waals surface area contributed by atoms with E-state index in [1.807, 2.05) is 17.9 Å². The smallest absolute Gasteiger partial charge is 0.257 e. The fourth-order valence-electron chi connectivity index (χ4n) is 3.60. The third-order valence-electron chi connectivity index (χ3n) is 4.97. The van der Waals surface area contributed by atoms with Crippen LogP contribution in [0.1, 0.15) is 52.5 Å². The van der Waals surface area contributed by atoms with Gasteiger partial charge in [0.15, 0.2) is 0 Å². The van der Waals surface area contributed by atoms with Crippen molar-refractivity contribution in [2.24, 2.45) is 0 Å². The van der Waals surface area contributed by atoms with Gasteiger partial charge in [0.05, 0.1) is 16.6 Å². The molecule has 0 fully saturated rings. The van der Waals surface area contributed by atoms with E-state index in [0.29, 0.717) is 23.7 Å². The lowest BCUT2D eigenvalue weighted by atomic mass is 9.89. The Morgan fingerprint density at radius 1 is 1.32 bits per heavy atom. The minimum absolute atomic E-state index is 0.00981. The van der Waals surface area contributed by atoms with E-state index >= 15 is 0 Å². The van der Waals surface area contributed by atoms with Crippen molar-refractivity contribution in [2.75, 3.05) is 6.54 Å². The summed E-state index contributed by atoms with van der Waals surface area (Å²) >= 11 is 0. The minimum atomic E-state index is 0.00981. The molecule has 5 heteroatoms. The summed E-state index contributed by atoms with van der Waals surface area (Å²) in [5.74, 6) is 0.510. The van der Waals surface area contributed by atoms with Crippen LogP contribution in [0, 0.1) is 6.92 Å². The minimum Gasteiger partial charge on any atom is -0.336 e. The van der Waals surface area contributed by atoms with Crippen molar-refractivity contribution in [1.29, 1.82) is 0 Å². The molecule has 1 aliphatic rings. The Kier molecular flexibility index (Phi) is 3.79. The Balaban J connectivity index is 1.63. The van der Waals surface area contributed by atoms with E-state index in [0.717, 1.165) is 24.0 Å². The lowest BCUT2D eigenvalue weighted by Gasteiger charge is -2.31. The second-order valence-electron chi connectivity index (χ2n) is 6.96. The molecule has 5 nitrogen and oxygen atoms in total. The maximum absolute atomic E-state index is 12.9. The number of aryl methyl sites for hydroxylation is 1. The quantitative estimate of drug-likeness (QED) is 0.714. The van der Waals surface area contributed by atoms with Gasteiger partial charge in [-0.2, -0.15) is 0 Å². The maximum atomic E-state index is 12.9. The molecule has 1 aromatic carbocycles. The molecule has 0 saturated heterocycles. The lowest BCUT2D eigenvalue weighted by molar-refractivity contribution is 0.0734. The fraction of sp³-hybridized carbons (Fsp3) is 0.350. The van der Waals surface area contributed by atoms with Gasteiger partial charge in [-0.15, -0.1) is 0 Å². The molecular formula is C20H21N3O2. The number of fused-ring (bicyclic) bond motifs is 2. The molecule has 25 heavy (non-hydrogen) atoms. The normalized spacial score (nSPS) is 14.2. The predicted octanol–water partition coefficient (Wildman–Crippen LogP) is 3.85. The fourth-order valence-corrected chi connectivity index (χ4v) is 3.60. The SMILES string of the molecule is Cc1noc2ncc(C(=O)N3CCc4c(cccc4C(C)C)C3)cc12. The van der Waals surface area contributed by atoms with Crippen LogP contribution in [0.5, 0.6) is 0 Å². The standard InChI is InChI=1S/C20H21N3O2/c1-12(2)16-6-4-5-14-11-23(8-7-17(14)16)20(24)15-9-18-13(3)22-25-19(18)21-10-15/h4-6,9-10,12H,7-8,11H2,1-3H3. The molecule has 3 aromatic rings. The van der Waals surface area contributed by atoms with Crippen LogP contribution in [0.25, 0.3) is 11.1 Å². The van der Waals surface area contributed by atoms with Crippen LogP contribution in [0.15, 0.2) is 35.0 Å². The third kappa shape index (κ3) is 2.69. The topological polar surface area (TPSA) is 59.2 Å². The molecule has 2 aromatic heterocycles. The van der Waals surface area contributed by atoms with Crippen LogP contribution in [0.4, 0.5) is 0 Å². The summed E-state index contributed by atoms with van der Waals surface area (Å²) in [4.78, 5) is 19.1. The van der Waals surface area contributed by atoms with Crippen LogP contribution in [-0.4, -0.2) is 27.5 Å². The Bertz CT molecular complexity index is 959. The summed E-state index contributed by atoms with van der Waals surface area (Å²) in [5.41, 5.74) is 5.86. The first-order chi connectivity index (χ1) is 12.0. The van der Waals surface area contributed by atoms with Gasteiger partial charge in [-0.3, -0.25) is 4.79 Å². The first-order valence-electron chi connectivity index (χ1n) is 8.66. The summed E-state index contributed by atoms with van der Waals surface area (Å²) in [6, 6.07) is 8.26. The number of carbonyl (C=O) groups is 1. The Morgan fingerprint density at radius 2 is 2.16 bits per heavy atom. The molecule has 0 spiro atoms. The zero-order valence-corrected chi connectivity index (χ0v) is 14.7. The van der Waals surface area contributed by atoms with E-state index in [-0.39, 0.29) is 5.91 Å². The summed E-state index contributed by atoms with van der Waals surface area (Å²) in [6.45, 7) is 7.67. The highest BCUT2D eigenvalue weighted by Gasteiger charge is 2.24. The van der Waals surface area contributed by atoms with Crippen molar-refractivity contribution in [1.82, 2.24) is 15.0 Å². The highest BCUT2D eigenvalue weighted by Crippen LogP contribution is 2.28. The first kappa shape index (κ1) is 15.8. The second-order valence-corrected chi connectivity index (χ2v) is 6.96. The molecule has 1 aliphatic heterocycles. The van der Waals surface area contributed by atoms with Gasteiger partial charge < -0.3 is 9.42 Å². The van der Waals surface area contributed by atoms with E-state index in [1.165, 1.54) is 16.7 Å². The zero-order valence-electron chi connectivity index (χ0n) is 14.7. The molecule has 0 bridgehead atoms. The number of hydrogen-bond donors (Lipinski definition) is 0. The number of nitrogens with zero attached hydrogens (tertiary/aromatic N) is 3. The van der Waals surface area contributed by atoms with Crippen molar-refractivity contribution >= 4 is 17.0 Å². The average molecular weight is 335 g/mol. The van der Waals surface area contributed by atoms with Crippen molar-refractivity contribution < 1.29 is 9.32 Å². The molecule has 0 atom stereocenters. The Hall–Kier alpha value is -2.69. The van der Waals surface area contributed by atoms with Crippen LogP contribution in [0.2, 0.25) is 0 Å². The van der Waals surface area contributed by atoms with Crippen LogP contribution in [-0.2, 0) is 13.0 Å². The second kappa shape index (κ2) is 5.99. The maximum Gasteiger partial charge on any atom is 0.257 e. The number of benzene rings is 1. The molecule has 0 N–H and O–H groups in total. The number of carbonyl (C=O) groups excluding carboxylic acids is 1. The molecule has 0 radical (unpaired) electrons. The Labute approximate surface area is 146 Å². The average Bonchev–Trinajstić information content (AvgIpc) is 3.00. The molecule has 4 rings (SSSR count). The Morgan fingerprint density at radius 3 is 2.96 bits per heavy atom. The number of hydrogen-bond acceptors (Lipinski definition) is 4. The summed E-state index contributed by atoms with van der Waals surface area (Å²) < 4.78 is 5.12. The van der Waals surface area contributed by atoms with E-state index in [4.69, 9.17) is 4.52 Å². The van der Waals surface area contributed by atoms with E-state index in [2.05, 4.69) is 42.2 Å². The lowest BCUT2D eigenvalue weighted by Crippen LogP contribution is -2.36. The molecule has 128 valence electrons. The monoisotopic (exact) mass is 335 g/mol. The third-order valence-corrected chi connectivity index (χ3v) is 4.97. The van der Waals surface area contributed by atoms with Gasteiger partial charge in [0.2, 0.25) is 0 Å². The highest BCUT2D eigenvalue weighted by atomic mass is 16.5. The highest BCUT2D eigenvalue weighted by molar-refractivity contribution is 5.97. The van der Waals surface area contributed by atoms with E-state index in [9.17, 15) is 4.79 Å². The van der Waals surface area contributed by atoms with Gasteiger partial charge in [0.25, 0.3) is 11.6 Å². The molecule has 3 heterocycles. The predicted molar refractivity (Wildman–Crippen MR) is 95.5 cm³/mol. The summed E-state index contributed by atoms with van der Waals surface area (Å²) in [7, 11) is 0. The largest absolute Gasteiger partial charge is 0.336 e. The van der Waals surface area contributed by atoms with E-state index < -0.39 is 0 Å². The van der Waals surface area contributed by atoms with Gasteiger partial charge in [-0.1, -0.05) is 37.2 Å². The van der Waals surface area contributed by atoms with E-state index in [1.54, 1.807) is 6.20 Å². The number of amides is 1. The number of pyridine rings is 1. The van der Waals surface area contributed by atoms with Crippen molar-refractivity contribution in [3.05, 3.63) is 58.4 Å². The van der Waals surface area contributed by atoms with Gasteiger partial charge in [0.1, 0.15) is 0 Å². The zero-order chi connectivity index (χ0) is 17.6. The molecule has 0 saturated carbocycles. The van der Waals surface area contributed by atoms with Gasteiger partial charge >= 0.3 is 0 Å². The van der Waals surface area contributed by atoms with Crippen molar-refractivity contribution in [3.63, 3.8) is 0 Å². The van der Waals surface area contributed by atoms with Crippen LogP contribution >= 0.6 is 0 Å².